The van der Waals surface area contributed by atoms with Crippen molar-refractivity contribution in [1.29, 1.82) is 0 Å². The maximum Gasteiger partial charge on any atom is 0.145 e. The van der Waals surface area contributed by atoms with Crippen LogP contribution in [0.2, 0.25) is 0 Å². The van der Waals surface area contributed by atoms with Gasteiger partial charge in [-0.25, -0.2) is 4.98 Å². The fraction of sp³-hybridized carbons (Fsp3) is 0. The van der Waals surface area contributed by atoms with Crippen molar-refractivity contribution in [2.75, 3.05) is 0 Å². The minimum absolute atomic E-state index is 0.00197. The van der Waals surface area contributed by atoms with E-state index >= 15 is 0 Å². The normalized spacial score (nSPS) is 14.4. The Morgan fingerprint density at radius 1 is 0.426 bits per heavy atom. The monoisotopic (exact) mass is 608 g/mol. The van der Waals surface area contributed by atoms with Gasteiger partial charge in [0.1, 0.15) is 5.82 Å². The molecule has 9 aromatic rings. The van der Waals surface area contributed by atoms with Crippen molar-refractivity contribution in [3.05, 3.63) is 182 Å². The van der Waals surface area contributed by atoms with Crippen LogP contribution in [0.5, 0.6) is 0 Å². The molecule has 9 rings (SSSR count). The second kappa shape index (κ2) is 11.3. The summed E-state index contributed by atoms with van der Waals surface area (Å²) in [5.74, 6) is 0.767. The van der Waals surface area contributed by atoms with E-state index in [1.165, 1.54) is 0 Å². The topological polar surface area (TPSA) is 17.8 Å². The lowest BCUT2D eigenvalue weighted by Crippen LogP contribution is -1.97. The molecule has 2 nitrogen and oxygen atoms in total. The van der Waals surface area contributed by atoms with E-state index in [1.807, 2.05) is 109 Å². The molecule has 1 aromatic heterocycles. The Bertz CT molecular complexity index is 3060. The lowest BCUT2D eigenvalue weighted by Gasteiger charge is -2.19. The number of benzene rings is 8. The summed E-state index contributed by atoms with van der Waals surface area (Å²) in [6.45, 7) is 0. The van der Waals surface area contributed by atoms with Gasteiger partial charge in [-0.1, -0.05) is 151 Å². The first-order valence-electron chi connectivity index (χ1n) is 20.2. The van der Waals surface area contributed by atoms with Gasteiger partial charge in [-0.15, -0.1) is 0 Å². The van der Waals surface area contributed by atoms with Gasteiger partial charge >= 0.3 is 0 Å². The molecule has 0 bridgehead atoms. The largest absolute Gasteiger partial charge is 0.292 e. The van der Waals surface area contributed by atoms with Crippen molar-refractivity contribution in [2.45, 2.75) is 0 Å². The van der Waals surface area contributed by atoms with E-state index < -0.39 is 36.3 Å². The number of hydrogen-bond donors (Lipinski definition) is 0. The Hall–Kier alpha value is -6.25. The van der Waals surface area contributed by atoms with Gasteiger partial charge in [-0.3, -0.25) is 4.57 Å². The molecule has 0 N–H and O–H groups in total. The molecule has 2 heteroatoms. The van der Waals surface area contributed by atoms with Crippen molar-refractivity contribution in [3.63, 3.8) is 0 Å². The average Bonchev–Trinajstić information content (AvgIpc) is 3.63. The Labute approximate surface area is 287 Å². The summed E-state index contributed by atoms with van der Waals surface area (Å²) in [6.07, 6.45) is 0. The van der Waals surface area contributed by atoms with Crippen LogP contribution in [0.25, 0.3) is 83.0 Å². The first kappa shape index (κ1) is 18.7. The van der Waals surface area contributed by atoms with Crippen LogP contribution < -0.4 is 0 Å². The summed E-state index contributed by atoms with van der Waals surface area (Å²) in [5, 5.41) is 2.55. The van der Waals surface area contributed by atoms with Crippen LogP contribution in [0.1, 0.15) is 13.7 Å². The third-order valence-electron chi connectivity index (χ3n) is 8.57. The van der Waals surface area contributed by atoms with Crippen molar-refractivity contribution in [3.8, 4) is 50.5 Å². The van der Waals surface area contributed by atoms with Crippen LogP contribution in [0.15, 0.2) is 182 Å². The molecule has 47 heavy (non-hydrogen) atoms. The van der Waals surface area contributed by atoms with Crippen LogP contribution >= 0.6 is 0 Å². The molecule has 0 aliphatic rings. The number of para-hydroxylation sites is 3. The molecule has 0 spiro atoms. The fourth-order valence-electron chi connectivity index (χ4n) is 6.53. The van der Waals surface area contributed by atoms with Crippen LogP contribution in [0.3, 0.4) is 0 Å². The summed E-state index contributed by atoms with van der Waals surface area (Å²) in [6, 6.07) is 34.4. The third-order valence-corrected chi connectivity index (χ3v) is 8.57. The predicted octanol–water partition coefficient (Wildman–Crippen LogP) is 12.0. The minimum atomic E-state index is -0.514. The summed E-state index contributed by atoms with van der Waals surface area (Å²) >= 11 is 0. The van der Waals surface area contributed by atoms with E-state index in [9.17, 15) is 0 Å². The summed E-state index contributed by atoms with van der Waals surface area (Å²) in [4.78, 5) is 5.03. The highest BCUT2D eigenvalue weighted by molar-refractivity contribution is 6.22. The summed E-state index contributed by atoms with van der Waals surface area (Å²) in [7, 11) is 0. The molecule has 0 unspecified atom stereocenters. The molecular weight excluding hydrogens is 569 g/mol. The van der Waals surface area contributed by atoms with E-state index in [-0.39, 0.29) is 35.3 Å². The molecule has 1 heterocycles. The Balaban J connectivity index is 1.34. The lowest BCUT2D eigenvalue weighted by atomic mass is 9.84. The van der Waals surface area contributed by atoms with E-state index in [1.54, 1.807) is 12.1 Å². The van der Waals surface area contributed by atoms with Gasteiger partial charge in [0, 0.05) is 11.3 Å². The number of aromatic nitrogens is 2. The molecule has 8 aromatic carbocycles. The minimum Gasteiger partial charge on any atom is -0.292 e. The molecule has 220 valence electrons. The Morgan fingerprint density at radius 2 is 0.979 bits per heavy atom. The molecular formula is C45H30N2. The van der Waals surface area contributed by atoms with Gasteiger partial charge in [0.05, 0.1) is 24.7 Å². The van der Waals surface area contributed by atoms with E-state index in [0.717, 1.165) is 44.6 Å². The van der Waals surface area contributed by atoms with Crippen molar-refractivity contribution in [1.82, 2.24) is 9.55 Å². The highest BCUT2D eigenvalue weighted by Gasteiger charge is 2.19. The molecule has 0 aliphatic carbocycles. The lowest BCUT2D eigenvalue weighted by molar-refractivity contribution is 1.10. The van der Waals surface area contributed by atoms with Crippen LogP contribution in [0.4, 0.5) is 0 Å². The number of imidazole rings is 1. The van der Waals surface area contributed by atoms with Crippen LogP contribution in [-0.2, 0) is 0 Å². The van der Waals surface area contributed by atoms with Crippen LogP contribution in [-0.4, -0.2) is 9.55 Å². The predicted molar refractivity (Wildman–Crippen MR) is 198 cm³/mol. The smallest absolute Gasteiger partial charge is 0.145 e. The maximum atomic E-state index is 9.02. The maximum absolute atomic E-state index is 9.02. The van der Waals surface area contributed by atoms with E-state index in [2.05, 4.69) is 4.57 Å². The van der Waals surface area contributed by atoms with E-state index in [4.69, 9.17) is 18.7 Å². The first-order valence-corrected chi connectivity index (χ1v) is 15.2. The SMILES string of the molecule is [2H]c1c([2H])c([2H])c(-c2ccc3c(-c4ccc(-c5nc6ccccc6n5-c5ccccc5)cc4)c4ccccc4c(-c4c([2H])c([2H])c([2H])c([2H])c4[2H])c3c2)c([2H])c1[2H]. The first-order chi connectivity index (χ1) is 27.5. The quantitative estimate of drug-likeness (QED) is 0.178. The molecule has 0 amide bonds. The van der Waals surface area contributed by atoms with Crippen molar-refractivity contribution < 1.29 is 13.7 Å². The molecule has 0 atom stereocenters. The molecule has 0 saturated heterocycles. The molecule has 0 aliphatic heterocycles. The van der Waals surface area contributed by atoms with Gasteiger partial charge in [0.15, 0.2) is 0 Å². The zero-order valence-corrected chi connectivity index (χ0v) is 24.9. The second-order valence-corrected chi connectivity index (χ2v) is 11.2. The van der Waals surface area contributed by atoms with Gasteiger partial charge in [-0.2, -0.15) is 0 Å². The number of fused-ring (bicyclic) bond motifs is 3. The van der Waals surface area contributed by atoms with Crippen LogP contribution in [0, 0.1) is 0 Å². The van der Waals surface area contributed by atoms with E-state index in [0.29, 0.717) is 27.3 Å². The standard InChI is InChI=1S/C45H30N2/c1-4-14-31(15-5-1)35-28-29-39-40(30-35)44(32-16-6-2-7-17-32)38-21-11-10-20-37(38)43(39)33-24-26-34(27-25-33)45-46-41-22-12-13-23-42(41)47(45)36-18-8-3-9-19-36/h1-30H/i1D,2D,4D,5D,6D,7D,14D,15D,16D,17D. The third kappa shape index (κ3) is 4.62. The highest BCUT2D eigenvalue weighted by Crippen LogP contribution is 2.45. The molecule has 0 saturated carbocycles. The number of rotatable bonds is 5. The highest BCUT2D eigenvalue weighted by atomic mass is 15.1. The average molecular weight is 609 g/mol. The number of nitrogens with zero attached hydrogens (tertiary/aromatic N) is 2. The van der Waals surface area contributed by atoms with Gasteiger partial charge in [-0.05, 0) is 85.3 Å². The van der Waals surface area contributed by atoms with Crippen molar-refractivity contribution >= 4 is 32.6 Å². The summed E-state index contributed by atoms with van der Waals surface area (Å²) in [5.41, 5.74) is 6.03. The van der Waals surface area contributed by atoms with Gasteiger partial charge in [0.2, 0.25) is 0 Å². The fourth-order valence-corrected chi connectivity index (χ4v) is 6.53. The zero-order valence-electron chi connectivity index (χ0n) is 34.9. The molecule has 0 fully saturated rings. The zero-order chi connectivity index (χ0) is 39.9. The number of hydrogen-bond acceptors (Lipinski definition) is 1. The molecule has 0 radical (unpaired) electrons. The Morgan fingerprint density at radius 3 is 1.70 bits per heavy atom. The van der Waals surface area contributed by atoms with Crippen molar-refractivity contribution in [2.24, 2.45) is 0 Å². The van der Waals surface area contributed by atoms with Gasteiger partial charge in [0.25, 0.3) is 0 Å². The Kier molecular flexibility index (Phi) is 4.48. The second-order valence-electron chi connectivity index (χ2n) is 11.2. The summed E-state index contributed by atoms with van der Waals surface area (Å²) < 4.78 is 87.9. The van der Waals surface area contributed by atoms with Gasteiger partial charge < -0.3 is 0 Å².